The average Bonchev–Trinajstić information content (AvgIpc) is 2.51. The molecule has 4 N–H and O–H groups in total. The predicted molar refractivity (Wildman–Crippen MR) is 74.5 cm³/mol. The lowest BCUT2D eigenvalue weighted by molar-refractivity contribution is -0.397. The molecule has 19 heteroatoms. The zero-order chi connectivity index (χ0) is 24.6. The van der Waals surface area contributed by atoms with E-state index in [0.29, 0.717) is 0 Å². The number of quaternary nitrogens is 1. The summed E-state index contributed by atoms with van der Waals surface area (Å²) in [5.74, 6) is -30.3. The summed E-state index contributed by atoms with van der Waals surface area (Å²) in [7, 11) is -7.78. The van der Waals surface area contributed by atoms with Gasteiger partial charge in [0.15, 0.2) is 16.3 Å². The number of hydrogen-bond donors (Lipinski definition) is 1. The summed E-state index contributed by atoms with van der Waals surface area (Å²) in [5, 5.41) is -7.49. The summed E-state index contributed by atoms with van der Waals surface area (Å²) in [6.07, 6.45) is -15.1. The molecule has 0 saturated heterocycles. The third-order valence-electron chi connectivity index (χ3n) is 3.70. The van der Waals surface area contributed by atoms with E-state index in [0.717, 1.165) is 0 Å². The van der Waals surface area contributed by atoms with Gasteiger partial charge >= 0.3 is 35.1 Å². The molecule has 0 aromatic rings. The van der Waals surface area contributed by atoms with Crippen LogP contribution in [-0.4, -0.2) is 54.3 Å². The number of alkyl halides is 14. The monoisotopic (exact) mass is 519 g/mol. The van der Waals surface area contributed by atoms with Gasteiger partial charge in [-0.25, -0.2) is 12.8 Å². The molecule has 0 rings (SSSR count). The van der Waals surface area contributed by atoms with Crippen molar-refractivity contribution in [2.24, 2.45) is 0 Å². The molecule has 31 heavy (non-hydrogen) atoms. The molecule has 0 amide bonds. The fourth-order valence-corrected chi connectivity index (χ4v) is 2.39. The minimum Gasteiger partial charge on any atom is -0.743 e. The highest BCUT2D eigenvalue weighted by molar-refractivity contribution is 7.86. The Morgan fingerprint density at radius 1 is 0.677 bits per heavy atom. The maximum atomic E-state index is 13.4. The van der Waals surface area contributed by atoms with Crippen molar-refractivity contribution in [2.45, 2.75) is 73.4 Å². The lowest BCUT2D eigenvalue weighted by Gasteiger charge is -2.40. The standard InChI is InChI=1S/C12H12F14O3S.H3N/c13-6(4-2-1-3-5-7(14,15)16)8(17,18)9(19,20)10(21,22)11(23,24)12(25,26)30(27,28)29;/h6H,1-5H2,(H,27,28,29);1H3. The second-order valence-electron chi connectivity index (χ2n) is 6.00. The summed E-state index contributed by atoms with van der Waals surface area (Å²) in [4.78, 5) is 0. The van der Waals surface area contributed by atoms with Crippen LogP contribution in [0.15, 0.2) is 0 Å². The Balaban J connectivity index is 0. The lowest BCUT2D eigenvalue weighted by Crippen LogP contribution is -2.70. The smallest absolute Gasteiger partial charge is 0.402 e. The first-order chi connectivity index (χ1) is 12.9. The molecule has 1 atom stereocenters. The first-order valence-electron chi connectivity index (χ1n) is 7.43. The summed E-state index contributed by atoms with van der Waals surface area (Å²) in [6, 6.07) is 0. The summed E-state index contributed by atoms with van der Waals surface area (Å²) in [6.45, 7) is 0. The van der Waals surface area contributed by atoms with Crippen LogP contribution in [0.2, 0.25) is 0 Å². The van der Waals surface area contributed by atoms with Gasteiger partial charge in [-0.1, -0.05) is 12.8 Å². The highest BCUT2D eigenvalue weighted by Gasteiger charge is 2.88. The van der Waals surface area contributed by atoms with Crippen LogP contribution in [0.5, 0.6) is 0 Å². The van der Waals surface area contributed by atoms with E-state index in [1.54, 1.807) is 0 Å². The molecule has 0 saturated carbocycles. The van der Waals surface area contributed by atoms with Gasteiger partial charge in [0.05, 0.1) is 0 Å². The molecule has 0 aliphatic heterocycles. The highest BCUT2D eigenvalue weighted by atomic mass is 32.2. The molecule has 1 unspecified atom stereocenters. The summed E-state index contributed by atoms with van der Waals surface area (Å²) >= 11 is 0. The largest absolute Gasteiger partial charge is 0.743 e. The fourth-order valence-electron chi connectivity index (χ4n) is 1.95. The number of unbranched alkanes of at least 4 members (excludes halogenated alkanes) is 2. The van der Waals surface area contributed by atoms with E-state index in [4.69, 9.17) is 0 Å². The number of halogens is 14. The molecule has 0 heterocycles. The van der Waals surface area contributed by atoms with Crippen LogP contribution in [0, 0.1) is 0 Å². The van der Waals surface area contributed by atoms with E-state index in [1.165, 1.54) is 0 Å². The molecular weight excluding hydrogens is 504 g/mol. The molecule has 0 radical (unpaired) electrons. The Bertz CT molecular complexity index is 691. The van der Waals surface area contributed by atoms with Gasteiger partial charge in [0.2, 0.25) is 0 Å². The van der Waals surface area contributed by atoms with E-state index >= 15 is 0 Å². The zero-order valence-corrected chi connectivity index (χ0v) is 15.9. The highest BCUT2D eigenvalue weighted by Crippen LogP contribution is 2.59. The van der Waals surface area contributed by atoms with Crippen LogP contribution in [0.25, 0.3) is 0 Å². The fraction of sp³-hybridized carbons (Fsp3) is 1.00. The molecule has 190 valence electrons. The quantitative estimate of drug-likeness (QED) is 0.210. The lowest BCUT2D eigenvalue weighted by atomic mass is 9.93. The van der Waals surface area contributed by atoms with Crippen LogP contribution < -0.4 is 6.15 Å². The normalized spacial score (nSPS) is 16.1. The molecule has 0 fully saturated rings. The Hall–Kier alpha value is -1.11. The molecule has 0 aromatic heterocycles. The molecule has 0 aromatic carbocycles. The van der Waals surface area contributed by atoms with Gasteiger partial charge in [0.25, 0.3) is 0 Å². The number of hydrogen-bond acceptors (Lipinski definition) is 3. The first kappa shape index (κ1) is 32.1. The maximum Gasteiger partial charge on any atom is 0.402 e. The molecule has 0 spiro atoms. The van der Waals surface area contributed by atoms with Crippen LogP contribution in [0.3, 0.4) is 0 Å². The third-order valence-corrected chi connectivity index (χ3v) is 4.58. The molecule has 0 aliphatic rings. The summed E-state index contributed by atoms with van der Waals surface area (Å²) < 4.78 is 211. The van der Waals surface area contributed by atoms with Crippen LogP contribution in [-0.2, 0) is 10.1 Å². The zero-order valence-electron chi connectivity index (χ0n) is 15.0. The van der Waals surface area contributed by atoms with Crippen molar-refractivity contribution in [3.05, 3.63) is 0 Å². The molecular formula is C12H15F14NO3S. The topological polar surface area (TPSA) is 93.7 Å². The van der Waals surface area contributed by atoms with Crippen molar-refractivity contribution >= 4 is 10.1 Å². The Labute approximate surface area is 165 Å². The van der Waals surface area contributed by atoms with Crippen molar-refractivity contribution in [1.29, 1.82) is 0 Å². The van der Waals surface area contributed by atoms with Crippen molar-refractivity contribution in [2.75, 3.05) is 0 Å². The van der Waals surface area contributed by atoms with Gasteiger partial charge in [0.1, 0.15) is 0 Å². The van der Waals surface area contributed by atoms with E-state index in [9.17, 15) is 74.4 Å². The van der Waals surface area contributed by atoms with E-state index in [1.807, 2.05) is 0 Å². The first-order valence-corrected chi connectivity index (χ1v) is 8.84. The molecule has 0 aliphatic carbocycles. The minimum atomic E-state index is -7.95. The average molecular weight is 519 g/mol. The van der Waals surface area contributed by atoms with Gasteiger partial charge in [-0.05, 0) is 12.8 Å². The van der Waals surface area contributed by atoms with Gasteiger partial charge in [-0.15, -0.1) is 0 Å². The second-order valence-corrected chi connectivity index (χ2v) is 7.42. The van der Waals surface area contributed by atoms with E-state index in [2.05, 4.69) is 0 Å². The molecule has 4 nitrogen and oxygen atoms in total. The minimum absolute atomic E-state index is 0. The maximum absolute atomic E-state index is 13.4. The van der Waals surface area contributed by atoms with E-state index in [-0.39, 0.29) is 6.15 Å². The SMILES string of the molecule is O=S(=O)([O-])C(F)(F)C(F)(F)C(F)(F)C(F)(F)C(F)(F)C(F)CCCCCC(F)(F)F.[NH4+]. The predicted octanol–water partition coefficient (Wildman–Crippen LogP) is 5.89. The second kappa shape index (κ2) is 9.40. The third kappa shape index (κ3) is 6.02. The Kier molecular flexibility index (Phi) is 9.73. The van der Waals surface area contributed by atoms with Crippen molar-refractivity contribution in [3.63, 3.8) is 0 Å². The van der Waals surface area contributed by atoms with Crippen LogP contribution >= 0.6 is 0 Å². The Morgan fingerprint density at radius 2 is 1.10 bits per heavy atom. The van der Waals surface area contributed by atoms with Crippen LogP contribution in [0.1, 0.15) is 32.1 Å². The van der Waals surface area contributed by atoms with Crippen molar-refractivity contribution < 1.29 is 74.4 Å². The van der Waals surface area contributed by atoms with Crippen molar-refractivity contribution in [3.8, 4) is 0 Å². The van der Waals surface area contributed by atoms with E-state index < -0.39 is 83.5 Å². The van der Waals surface area contributed by atoms with Gasteiger partial charge in [-0.2, -0.15) is 57.1 Å². The molecule has 0 bridgehead atoms. The Morgan fingerprint density at radius 3 is 1.45 bits per heavy atom. The van der Waals surface area contributed by atoms with Gasteiger partial charge in [0, 0.05) is 6.42 Å². The summed E-state index contributed by atoms with van der Waals surface area (Å²) in [5.41, 5.74) is 0. The van der Waals surface area contributed by atoms with Crippen LogP contribution in [0.4, 0.5) is 61.5 Å². The number of rotatable bonds is 11. The van der Waals surface area contributed by atoms with Gasteiger partial charge in [-0.3, -0.25) is 0 Å². The van der Waals surface area contributed by atoms with Crippen molar-refractivity contribution in [1.82, 2.24) is 6.15 Å². The van der Waals surface area contributed by atoms with Gasteiger partial charge < -0.3 is 10.7 Å².